The molecule has 2 aliphatic carbocycles. The maximum atomic E-state index is 2.72. The minimum Gasteiger partial charge on any atom is -0.301 e. The first kappa shape index (κ1) is 17.7. The molecule has 1 heterocycles. The lowest BCUT2D eigenvalue weighted by Crippen LogP contribution is -2.37. The highest BCUT2D eigenvalue weighted by Crippen LogP contribution is 2.32. The van der Waals surface area contributed by atoms with E-state index in [4.69, 9.17) is 0 Å². The van der Waals surface area contributed by atoms with Gasteiger partial charge in [0.15, 0.2) is 0 Å². The van der Waals surface area contributed by atoms with Gasteiger partial charge in [-0.15, -0.1) is 0 Å². The van der Waals surface area contributed by atoms with Crippen LogP contribution in [0.3, 0.4) is 0 Å². The molecular formula is C23H35N. The Balaban J connectivity index is 1.61. The average Bonchev–Trinajstić information content (AvgIpc) is 2.63. The van der Waals surface area contributed by atoms with Gasteiger partial charge in [0, 0.05) is 6.04 Å². The summed E-state index contributed by atoms with van der Waals surface area (Å²) in [5.74, 6) is 0. The van der Waals surface area contributed by atoms with E-state index in [-0.39, 0.29) is 0 Å². The second kappa shape index (κ2) is 8.85. The van der Waals surface area contributed by atoms with Gasteiger partial charge < -0.3 is 4.90 Å². The number of hydrogen-bond acceptors (Lipinski definition) is 1. The van der Waals surface area contributed by atoms with Gasteiger partial charge in [0.25, 0.3) is 0 Å². The first-order valence-corrected chi connectivity index (χ1v) is 10.2. The van der Waals surface area contributed by atoms with Crippen molar-refractivity contribution in [2.75, 3.05) is 13.1 Å². The molecular weight excluding hydrogens is 290 g/mol. The third kappa shape index (κ3) is 4.72. The highest BCUT2D eigenvalue weighted by atomic mass is 15.1. The number of likely N-dealkylation sites (tertiary alicyclic amines) is 1. The average molecular weight is 326 g/mol. The van der Waals surface area contributed by atoms with E-state index in [9.17, 15) is 0 Å². The van der Waals surface area contributed by atoms with Crippen molar-refractivity contribution in [1.29, 1.82) is 0 Å². The van der Waals surface area contributed by atoms with E-state index in [1.54, 1.807) is 22.3 Å². The lowest BCUT2D eigenvalue weighted by atomic mass is 9.86. The maximum Gasteiger partial charge on any atom is 0.00700 e. The molecule has 1 unspecified atom stereocenters. The molecule has 0 amide bonds. The van der Waals surface area contributed by atoms with E-state index in [2.05, 4.69) is 43.1 Å². The van der Waals surface area contributed by atoms with Crippen LogP contribution in [0.2, 0.25) is 0 Å². The van der Waals surface area contributed by atoms with Gasteiger partial charge >= 0.3 is 0 Å². The molecule has 0 radical (unpaired) electrons. The van der Waals surface area contributed by atoms with Crippen LogP contribution >= 0.6 is 0 Å². The second-order valence-electron chi connectivity index (χ2n) is 7.98. The highest BCUT2D eigenvalue weighted by molar-refractivity contribution is 5.38. The summed E-state index contributed by atoms with van der Waals surface area (Å²) in [5.41, 5.74) is 6.56. The van der Waals surface area contributed by atoms with Crippen LogP contribution in [0.5, 0.6) is 0 Å². The summed E-state index contributed by atoms with van der Waals surface area (Å²) in [7, 11) is 0. The van der Waals surface area contributed by atoms with Gasteiger partial charge in [0.1, 0.15) is 0 Å². The number of rotatable bonds is 6. The molecule has 0 bridgehead atoms. The number of hydrogen-bond donors (Lipinski definition) is 0. The van der Waals surface area contributed by atoms with E-state index in [0.29, 0.717) is 0 Å². The fraction of sp³-hybridized carbons (Fsp3) is 0.652. The fourth-order valence-electron chi connectivity index (χ4n) is 4.40. The standard InChI is InChI=1S/C23H35N/c1-19-10-4-5-12-22(19)18-23-13-7-6-11-21(23)15-14-20(2)24-16-8-3-9-17-24/h5-6,11-12,20H,3-4,7-10,13-18H2,1-2H3. The molecule has 0 saturated carbocycles. The predicted molar refractivity (Wildman–Crippen MR) is 105 cm³/mol. The van der Waals surface area contributed by atoms with E-state index < -0.39 is 0 Å². The van der Waals surface area contributed by atoms with E-state index in [1.807, 2.05) is 0 Å². The lowest BCUT2D eigenvalue weighted by molar-refractivity contribution is 0.167. The van der Waals surface area contributed by atoms with Gasteiger partial charge in [-0.1, -0.05) is 41.9 Å². The van der Waals surface area contributed by atoms with Crippen LogP contribution in [0.4, 0.5) is 0 Å². The molecule has 1 atom stereocenters. The van der Waals surface area contributed by atoms with Crippen LogP contribution in [-0.4, -0.2) is 24.0 Å². The Labute approximate surface area is 149 Å². The first-order chi connectivity index (χ1) is 11.7. The number of nitrogens with zero attached hydrogens (tertiary/aromatic N) is 1. The molecule has 1 saturated heterocycles. The molecule has 0 spiro atoms. The van der Waals surface area contributed by atoms with Gasteiger partial charge in [-0.3, -0.25) is 0 Å². The smallest absolute Gasteiger partial charge is 0.00700 e. The van der Waals surface area contributed by atoms with E-state index >= 15 is 0 Å². The summed E-state index contributed by atoms with van der Waals surface area (Å²) in [6.45, 7) is 7.41. The quantitative estimate of drug-likeness (QED) is 0.550. The largest absolute Gasteiger partial charge is 0.301 e. The lowest BCUT2D eigenvalue weighted by Gasteiger charge is -2.32. The Hall–Kier alpha value is -1.08. The van der Waals surface area contributed by atoms with Gasteiger partial charge in [-0.25, -0.2) is 0 Å². The van der Waals surface area contributed by atoms with Gasteiger partial charge in [0.05, 0.1) is 0 Å². The SMILES string of the molecule is CC1=C(CC2=C(CCC(C)N3CCCCC3)C=CCC2)C=CCC1. The Kier molecular flexibility index (Phi) is 6.54. The summed E-state index contributed by atoms with van der Waals surface area (Å²) in [6.07, 6.45) is 22.6. The zero-order valence-corrected chi connectivity index (χ0v) is 15.8. The van der Waals surface area contributed by atoms with Crippen LogP contribution in [0.15, 0.2) is 46.6 Å². The summed E-state index contributed by atoms with van der Waals surface area (Å²) in [5, 5.41) is 0. The van der Waals surface area contributed by atoms with E-state index in [0.717, 1.165) is 6.04 Å². The maximum absolute atomic E-state index is 2.72. The van der Waals surface area contributed by atoms with Crippen molar-refractivity contribution in [2.24, 2.45) is 0 Å². The molecule has 0 aromatic heterocycles. The Morgan fingerprint density at radius 2 is 1.67 bits per heavy atom. The summed E-state index contributed by atoms with van der Waals surface area (Å²) in [6, 6.07) is 0.741. The molecule has 0 aromatic rings. The van der Waals surface area contributed by atoms with Crippen molar-refractivity contribution in [3.05, 3.63) is 46.6 Å². The molecule has 132 valence electrons. The summed E-state index contributed by atoms with van der Waals surface area (Å²) < 4.78 is 0. The van der Waals surface area contributed by atoms with Crippen molar-refractivity contribution in [3.8, 4) is 0 Å². The second-order valence-corrected chi connectivity index (χ2v) is 7.98. The minimum atomic E-state index is 0.741. The monoisotopic (exact) mass is 325 g/mol. The Morgan fingerprint density at radius 3 is 2.42 bits per heavy atom. The molecule has 24 heavy (non-hydrogen) atoms. The molecule has 1 nitrogen and oxygen atoms in total. The van der Waals surface area contributed by atoms with Crippen LogP contribution in [-0.2, 0) is 0 Å². The highest BCUT2D eigenvalue weighted by Gasteiger charge is 2.18. The summed E-state index contributed by atoms with van der Waals surface area (Å²) in [4.78, 5) is 2.72. The van der Waals surface area contributed by atoms with Crippen molar-refractivity contribution in [3.63, 3.8) is 0 Å². The molecule has 3 aliphatic rings. The Bertz CT molecular complexity index is 540. The number of allylic oxidation sites excluding steroid dienone is 8. The number of piperidine rings is 1. The zero-order chi connectivity index (χ0) is 16.8. The molecule has 0 aromatic carbocycles. The van der Waals surface area contributed by atoms with Crippen molar-refractivity contribution in [1.82, 2.24) is 4.90 Å². The van der Waals surface area contributed by atoms with Crippen molar-refractivity contribution in [2.45, 2.75) is 84.1 Å². The van der Waals surface area contributed by atoms with Crippen molar-refractivity contribution < 1.29 is 0 Å². The Morgan fingerprint density at radius 1 is 0.958 bits per heavy atom. The third-order valence-electron chi connectivity index (χ3n) is 6.19. The van der Waals surface area contributed by atoms with Gasteiger partial charge in [-0.05, 0) is 95.9 Å². The van der Waals surface area contributed by atoms with Crippen LogP contribution < -0.4 is 0 Å². The zero-order valence-electron chi connectivity index (χ0n) is 15.8. The fourth-order valence-corrected chi connectivity index (χ4v) is 4.40. The molecule has 1 heteroatoms. The molecule has 1 fully saturated rings. The molecule has 0 N–H and O–H groups in total. The predicted octanol–water partition coefficient (Wildman–Crippen LogP) is 6.34. The summed E-state index contributed by atoms with van der Waals surface area (Å²) >= 11 is 0. The van der Waals surface area contributed by atoms with Gasteiger partial charge in [-0.2, -0.15) is 0 Å². The normalized spacial score (nSPS) is 23.9. The van der Waals surface area contributed by atoms with E-state index in [1.165, 1.54) is 77.3 Å². The first-order valence-electron chi connectivity index (χ1n) is 10.2. The van der Waals surface area contributed by atoms with Crippen LogP contribution in [0, 0.1) is 0 Å². The molecule has 1 aliphatic heterocycles. The van der Waals surface area contributed by atoms with Gasteiger partial charge in [0.2, 0.25) is 0 Å². The topological polar surface area (TPSA) is 3.24 Å². The minimum absolute atomic E-state index is 0.741. The molecule has 3 rings (SSSR count). The van der Waals surface area contributed by atoms with Crippen LogP contribution in [0.25, 0.3) is 0 Å². The third-order valence-corrected chi connectivity index (χ3v) is 6.19. The van der Waals surface area contributed by atoms with Crippen molar-refractivity contribution >= 4 is 0 Å². The van der Waals surface area contributed by atoms with Crippen LogP contribution in [0.1, 0.15) is 78.1 Å².